The van der Waals surface area contributed by atoms with Crippen LogP contribution in [-0.4, -0.2) is 53.6 Å². The van der Waals surface area contributed by atoms with Crippen molar-refractivity contribution in [2.75, 3.05) is 26.3 Å². The molecule has 4 nitrogen and oxygen atoms in total. The van der Waals surface area contributed by atoms with Crippen molar-refractivity contribution in [3.8, 4) is 5.75 Å². The van der Waals surface area contributed by atoms with Crippen molar-refractivity contribution < 1.29 is 14.9 Å². The van der Waals surface area contributed by atoms with E-state index in [4.69, 9.17) is 4.74 Å². The number of fused-ring (bicyclic) bond motifs is 1. The van der Waals surface area contributed by atoms with Crippen LogP contribution < -0.4 is 4.74 Å². The molecule has 0 amide bonds. The maximum atomic E-state index is 10.1. The van der Waals surface area contributed by atoms with Crippen LogP contribution in [0.4, 0.5) is 0 Å². The Kier molecular flexibility index (Phi) is 4.93. The molecule has 22 heavy (non-hydrogen) atoms. The van der Waals surface area contributed by atoms with Gasteiger partial charge in [0, 0.05) is 12.6 Å². The van der Waals surface area contributed by atoms with Crippen molar-refractivity contribution in [3.63, 3.8) is 0 Å². The number of aliphatic hydroxyl groups is 2. The van der Waals surface area contributed by atoms with Gasteiger partial charge >= 0.3 is 0 Å². The minimum atomic E-state index is -0.543. The van der Waals surface area contributed by atoms with Gasteiger partial charge in [0.25, 0.3) is 0 Å². The molecule has 0 radical (unpaired) electrons. The zero-order valence-electron chi connectivity index (χ0n) is 12.7. The Bertz CT molecular complexity index is 616. The van der Waals surface area contributed by atoms with Gasteiger partial charge in [0.05, 0.1) is 6.61 Å². The molecule has 0 aliphatic carbocycles. The molecule has 3 rings (SSSR count). The van der Waals surface area contributed by atoms with Crippen LogP contribution in [-0.2, 0) is 0 Å². The highest BCUT2D eigenvalue weighted by Gasteiger charge is 2.25. The number of ether oxygens (including phenoxy) is 1. The van der Waals surface area contributed by atoms with E-state index in [2.05, 4.69) is 17.0 Å². The maximum Gasteiger partial charge on any atom is 0.120 e. The molecular weight excluding hydrogens is 278 g/mol. The Morgan fingerprint density at radius 2 is 2.00 bits per heavy atom. The molecule has 2 aromatic carbocycles. The molecule has 1 aliphatic rings. The summed E-state index contributed by atoms with van der Waals surface area (Å²) in [7, 11) is 0. The van der Waals surface area contributed by atoms with Gasteiger partial charge < -0.3 is 14.9 Å². The molecule has 1 fully saturated rings. The first-order valence-corrected chi connectivity index (χ1v) is 7.91. The summed E-state index contributed by atoms with van der Waals surface area (Å²) in [6.07, 6.45) is 1.55. The number of likely N-dealkylation sites (tertiary alicyclic amines) is 1. The third-order valence-corrected chi connectivity index (χ3v) is 4.32. The molecule has 1 saturated heterocycles. The fourth-order valence-electron chi connectivity index (χ4n) is 3.12. The predicted molar refractivity (Wildman–Crippen MR) is 87.1 cm³/mol. The molecule has 0 unspecified atom stereocenters. The SMILES string of the molecule is OC[C@@H]1CCCN1C[C@H](O)COc1ccc2ccccc2c1. The standard InChI is InChI=1S/C18H23NO3/c20-12-16-6-3-9-19(16)11-17(21)13-22-18-8-7-14-4-1-2-5-15(14)10-18/h1-2,4-5,7-8,10,16-17,20-21H,3,6,9,11-13H2/t16-,17-/m0/s1. The van der Waals surface area contributed by atoms with Crippen LogP contribution in [0.15, 0.2) is 42.5 Å². The van der Waals surface area contributed by atoms with E-state index >= 15 is 0 Å². The van der Waals surface area contributed by atoms with Gasteiger partial charge in [-0.3, -0.25) is 4.90 Å². The number of nitrogens with zero attached hydrogens (tertiary/aromatic N) is 1. The van der Waals surface area contributed by atoms with Crippen LogP contribution in [0.3, 0.4) is 0 Å². The van der Waals surface area contributed by atoms with Gasteiger partial charge in [-0.1, -0.05) is 30.3 Å². The number of β-amino-alcohol motifs (C(OH)–C–C–N with tert-alkyl or cyclic N) is 1. The molecule has 4 heteroatoms. The lowest BCUT2D eigenvalue weighted by Crippen LogP contribution is -2.40. The van der Waals surface area contributed by atoms with E-state index in [1.807, 2.05) is 30.3 Å². The molecule has 2 aromatic rings. The van der Waals surface area contributed by atoms with Gasteiger partial charge in [0.15, 0.2) is 0 Å². The smallest absolute Gasteiger partial charge is 0.120 e. The normalized spacial score (nSPS) is 20.4. The van der Waals surface area contributed by atoms with E-state index in [1.54, 1.807) is 0 Å². The van der Waals surface area contributed by atoms with Crippen molar-refractivity contribution in [2.45, 2.75) is 25.0 Å². The van der Waals surface area contributed by atoms with E-state index in [1.165, 1.54) is 5.39 Å². The van der Waals surface area contributed by atoms with Crippen molar-refractivity contribution in [2.24, 2.45) is 0 Å². The van der Waals surface area contributed by atoms with Gasteiger partial charge in [-0.15, -0.1) is 0 Å². The molecule has 118 valence electrons. The first-order valence-electron chi connectivity index (χ1n) is 7.91. The zero-order valence-corrected chi connectivity index (χ0v) is 12.7. The maximum absolute atomic E-state index is 10.1. The van der Waals surface area contributed by atoms with Gasteiger partial charge in [0.2, 0.25) is 0 Å². The minimum Gasteiger partial charge on any atom is -0.491 e. The van der Waals surface area contributed by atoms with E-state index < -0.39 is 6.10 Å². The lowest BCUT2D eigenvalue weighted by Gasteiger charge is -2.25. The Morgan fingerprint density at radius 1 is 1.18 bits per heavy atom. The first-order chi connectivity index (χ1) is 10.8. The van der Waals surface area contributed by atoms with Crippen LogP contribution in [0.1, 0.15) is 12.8 Å². The molecule has 0 bridgehead atoms. The number of hydrogen-bond acceptors (Lipinski definition) is 4. The minimum absolute atomic E-state index is 0.165. The van der Waals surface area contributed by atoms with Crippen molar-refractivity contribution >= 4 is 10.8 Å². The lowest BCUT2D eigenvalue weighted by molar-refractivity contribution is 0.0533. The van der Waals surface area contributed by atoms with E-state index in [0.717, 1.165) is 30.5 Å². The topological polar surface area (TPSA) is 52.9 Å². The average Bonchev–Trinajstić information content (AvgIpc) is 3.00. The third-order valence-electron chi connectivity index (χ3n) is 4.32. The first kappa shape index (κ1) is 15.3. The third kappa shape index (κ3) is 3.58. The summed E-state index contributed by atoms with van der Waals surface area (Å²) in [4.78, 5) is 2.15. The monoisotopic (exact) mass is 301 g/mol. The molecule has 0 spiro atoms. The van der Waals surface area contributed by atoms with Crippen molar-refractivity contribution in [1.29, 1.82) is 0 Å². The highest BCUT2D eigenvalue weighted by atomic mass is 16.5. The Morgan fingerprint density at radius 3 is 2.82 bits per heavy atom. The molecule has 2 N–H and O–H groups in total. The molecule has 1 heterocycles. The van der Waals surface area contributed by atoms with Gasteiger partial charge in [-0.05, 0) is 42.3 Å². The average molecular weight is 301 g/mol. The second-order valence-corrected chi connectivity index (χ2v) is 5.95. The molecule has 2 atom stereocenters. The summed E-state index contributed by atoms with van der Waals surface area (Å²) in [5.74, 6) is 0.776. The highest BCUT2D eigenvalue weighted by molar-refractivity contribution is 5.83. The van der Waals surface area contributed by atoms with Crippen molar-refractivity contribution in [3.05, 3.63) is 42.5 Å². The van der Waals surface area contributed by atoms with Crippen molar-refractivity contribution in [1.82, 2.24) is 4.90 Å². The molecule has 1 aliphatic heterocycles. The van der Waals surface area contributed by atoms with Crippen LogP contribution in [0.5, 0.6) is 5.75 Å². The Hall–Kier alpha value is -1.62. The molecule has 0 saturated carbocycles. The molecular formula is C18H23NO3. The number of aliphatic hydroxyl groups excluding tert-OH is 2. The Labute approximate surface area is 130 Å². The lowest BCUT2D eigenvalue weighted by atomic mass is 10.1. The van der Waals surface area contributed by atoms with Crippen LogP contribution in [0.2, 0.25) is 0 Å². The Balaban J connectivity index is 1.54. The van der Waals surface area contributed by atoms with E-state index in [9.17, 15) is 10.2 Å². The summed E-state index contributed by atoms with van der Waals surface area (Å²) in [6, 6.07) is 14.3. The summed E-state index contributed by atoms with van der Waals surface area (Å²) in [5, 5.41) is 21.8. The summed E-state index contributed by atoms with van der Waals surface area (Å²) >= 11 is 0. The van der Waals surface area contributed by atoms with E-state index in [-0.39, 0.29) is 19.3 Å². The van der Waals surface area contributed by atoms with Crippen LogP contribution in [0, 0.1) is 0 Å². The van der Waals surface area contributed by atoms with Gasteiger partial charge in [0.1, 0.15) is 18.5 Å². The highest BCUT2D eigenvalue weighted by Crippen LogP contribution is 2.21. The van der Waals surface area contributed by atoms with Gasteiger partial charge in [-0.25, -0.2) is 0 Å². The quantitative estimate of drug-likeness (QED) is 0.857. The fraction of sp³-hybridized carbons (Fsp3) is 0.444. The fourth-order valence-corrected chi connectivity index (χ4v) is 3.12. The summed E-state index contributed by atoms with van der Waals surface area (Å²) in [5.41, 5.74) is 0. The molecule has 0 aromatic heterocycles. The summed E-state index contributed by atoms with van der Waals surface area (Å²) in [6.45, 7) is 1.93. The zero-order chi connectivity index (χ0) is 15.4. The second kappa shape index (κ2) is 7.09. The number of rotatable bonds is 6. The second-order valence-electron chi connectivity index (χ2n) is 5.95. The number of benzene rings is 2. The predicted octanol–water partition coefficient (Wildman–Crippen LogP) is 2.04. The van der Waals surface area contributed by atoms with Crippen LogP contribution >= 0.6 is 0 Å². The summed E-state index contributed by atoms with van der Waals surface area (Å²) < 4.78 is 5.72. The van der Waals surface area contributed by atoms with Crippen LogP contribution in [0.25, 0.3) is 10.8 Å². The van der Waals surface area contributed by atoms with E-state index in [0.29, 0.717) is 6.54 Å². The number of hydrogen-bond donors (Lipinski definition) is 2. The largest absolute Gasteiger partial charge is 0.491 e. The van der Waals surface area contributed by atoms with Gasteiger partial charge in [-0.2, -0.15) is 0 Å².